The summed E-state index contributed by atoms with van der Waals surface area (Å²) in [5, 5.41) is 1.86. The van der Waals surface area contributed by atoms with Crippen LogP contribution in [0.2, 0.25) is 0 Å². The Hall–Kier alpha value is -1.72. The van der Waals surface area contributed by atoms with Crippen molar-refractivity contribution in [1.82, 2.24) is 9.96 Å². The van der Waals surface area contributed by atoms with Gasteiger partial charge < -0.3 is 0 Å². The molecule has 1 aromatic carbocycles. The standard InChI is InChI=1S/C16H22N2O3.C2H6.CH4/c1-12(19)17(13(2)20)11-16(18-14(3)21-18)10-9-15-7-5-4-6-8-15;1-2;/h4-8,14,16H,9-11H2,1-3H3;1-2H3;1H4. The lowest BCUT2D eigenvalue weighted by molar-refractivity contribution is -0.143. The third-order valence-electron chi connectivity index (χ3n) is 3.71. The number of carbonyl (C=O) groups excluding carboxylic acids is 2. The Labute approximate surface area is 146 Å². The maximum absolute atomic E-state index is 11.6. The molecule has 0 radical (unpaired) electrons. The number of aryl methyl sites for hydroxylation is 1. The summed E-state index contributed by atoms with van der Waals surface area (Å²) in [6.07, 6.45) is 1.79. The molecule has 1 aromatic rings. The molecule has 0 saturated carbocycles. The lowest BCUT2D eigenvalue weighted by Crippen LogP contribution is -2.42. The molecule has 1 fully saturated rings. The van der Waals surface area contributed by atoms with E-state index in [9.17, 15) is 9.59 Å². The second-order valence-corrected chi connectivity index (χ2v) is 5.39. The van der Waals surface area contributed by atoms with Crippen LogP contribution in [0.1, 0.15) is 54.0 Å². The molecule has 5 nitrogen and oxygen atoms in total. The number of hydrogen-bond donors (Lipinski definition) is 0. The van der Waals surface area contributed by atoms with Crippen LogP contribution in [0.25, 0.3) is 0 Å². The Morgan fingerprint density at radius 2 is 1.67 bits per heavy atom. The van der Waals surface area contributed by atoms with Crippen molar-refractivity contribution in [2.24, 2.45) is 0 Å². The fraction of sp³-hybridized carbons (Fsp3) is 0.579. The number of hydroxylamine groups is 2. The van der Waals surface area contributed by atoms with Gasteiger partial charge in [0.15, 0.2) is 6.23 Å². The molecule has 1 aliphatic heterocycles. The first kappa shape index (κ1) is 22.3. The normalized spacial score (nSPS) is 19.2. The minimum absolute atomic E-state index is 0. The van der Waals surface area contributed by atoms with Crippen LogP contribution in [-0.2, 0) is 20.8 Å². The van der Waals surface area contributed by atoms with Crippen molar-refractivity contribution in [3.63, 3.8) is 0 Å². The third-order valence-corrected chi connectivity index (χ3v) is 3.71. The van der Waals surface area contributed by atoms with Gasteiger partial charge in [0.25, 0.3) is 0 Å². The summed E-state index contributed by atoms with van der Waals surface area (Å²) in [7, 11) is 0. The average Bonchev–Trinajstić information content (AvgIpc) is 3.26. The second-order valence-electron chi connectivity index (χ2n) is 5.39. The van der Waals surface area contributed by atoms with Crippen molar-refractivity contribution in [3.8, 4) is 0 Å². The second kappa shape index (κ2) is 10.9. The SMILES string of the molecule is C.CC.CC(=O)N(CC(CCc1ccccc1)N1OC1C)C(C)=O. The van der Waals surface area contributed by atoms with Gasteiger partial charge in [0.1, 0.15) is 0 Å². The minimum atomic E-state index is -0.221. The first-order valence-electron chi connectivity index (χ1n) is 8.26. The number of hydrogen-bond acceptors (Lipinski definition) is 4. The number of nitrogens with zero attached hydrogens (tertiary/aromatic N) is 2. The number of amides is 2. The van der Waals surface area contributed by atoms with E-state index in [0.717, 1.165) is 12.8 Å². The van der Waals surface area contributed by atoms with E-state index >= 15 is 0 Å². The van der Waals surface area contributed by atoms with E-state index in [0.29, 0.717) is 6.54 Å². The lowest BCUT2D eigenvalue weighted by atomic mass is 10.0. The lowest BCUT2D eigenvalue weighted by Gasteiger charge is -2.24. The zero-order valence-electron chi connectivity index (χ0n) is 14.8. The molecule has 0 N–H and O–H groups in total. The van der Waals surface area contributed by atoms with Crippen LogP contribution in [0.4, 0.5) is 0 Å². The van der Waals surface area contributed by atoms with Gasteiger partial charge >= 0.3 is 0 Å². The van der Waals surface area contributed by atoms with E-state index in [-0.39, 0.29) is 31.5 Å². The van der Waals surface area contributed by atoms with Crippen LogP contribution in [0, 0.1) is 0 Å². The predicted octanol–water partition coefficient (Wildman–Crippen LogP) is 3.64. The molecule has 0 aromatic heterocycles. The molecule has 1 aliphatic rings. The Morgan fingerprint density at radius 1 is 1.17 bits per heavy atom. The number of rotatable bonds is 6. The molecule has 0 spiro atoms. The van der Waals surface area contributed by atoms with E-state index in [2.05, 4.69) is 12.1 Å². The molecule has 2 rings (SSSR count). The molecule has 1 saturated heterocycles. The molecule has 5 heteroatoms. The minimum Gasteiger partial charge on any atom is -0.281 e. The summed E-state index contributed by atoms with van der Waals surface area (Å²) < 4.78 is 0. The van der Waals surface area contributed by atoms with Gasteiger partial charge in [-0.2, -0.15) is 5.06 Å². The molecular formula is C19H32N2O3. The van der Waals surface area contributed by atoms with Crippen molar-refractivity contribution < 1.29 is 14.4 Å². The molecule has 24 heavy (non-hydrogen) atoms. The van der Waals surface area contributed by atoms with Gasteiger partial charge in [0.2, 0.25) is 11.8 Å². The number of imide groups is 1. The van der Waals surface area contributed by atoms with Crippen molar-refractivity contribution in [1.29, 1.82) is 0 Å². The first-order valence-corrected chi connectivity index (χ1v) is 8.26. The topological polar surface area (TPSA) is 52.9 Å². The van der Waals surface area contributed by atoms with Crippen molar-refractivity contribution in [2.75, 3.05) is 6.54 Å². The molecule has 0 aliphatic carbocycles. The molecule has 0 bridgehead atoms. The van der Waals surface area contributed by atoms with Crippen molar-refractivity contribution >= 4 is 11.8 Å². The maximum Gasteiger partial charge on any atom is 0.226 e. The van der Waals surface area contributed by atoms with Gasteiger partial charge in [0.05, 0.1) is 6.04 Å². The third kappa shape index (κ3) is 6.81. The van der Waals surface area contributed by atoms with Gasteiger partial charge in [-0.1, -0.05) is 51.6 Å². The summed E-state index contributed by atoms with van der Waals surface area (Å²) in [5.74, 6) is -0.441. The summed E-state index contributed by atoms with van der Waals surface area (Å²) >= 11 is 0. The predicted molar refractivity (Wildman–Crippen MR) is 97.1 cm³/mol. The van der Waals surface area contributed by atoms with Crippen LogP contribution in [0.15, 0.2) is 30.3 Å². The highest BCUT2D eigenvalue weighted by Crippen LogP contribution is 2.26. The highest BCUT2D eigenvalue weighted by molar-refractivity contribution is 5.92. The summed E-state index contributed by atoms with van der Waals surface area (Å²) in [6.45, 7) is 9.17. The number of carbonyl (C=O) groups is 2. The molecular weight excluding hydrogens is 304 g/mol. The maximum atomic E-state index is 11.6. The molecule has 3 atom stereocenters. The van der Waals surface area contributed by atoms with Crippen LogP contribution < -0.4 is 0 Å². The van der Waals surface area contributed by atoms with E-state index < -0.39 is 0 Å². The van der Waals surface area contributed by atoms with Crippen LogP contribution >= 0.6 is 0 Å². The summed E-state index contributed by atoms with van der Waals surface area (Å²) in [6, 6.07) is 10.2. The molecule has 1 heterocycles. The fourth-order valence-electron chi connectivity index (χ4n) is 2.50. The quantitative estimate of drug-likeness (QED) is 0.744. The fourth-order valence-corrected chi connectivity index (χ4v) is 2.50. The van der Waals surface area contributed by atoms with Gasteiger partial charge in [0, 0.05) is 20.4 Å². The van der Waals surface area contributed by atoms with Crippen LogP contribution in [-0.4, -0.2) is 40.6 Å². The van der Waals surface area contributed by atoms with E-state index in [1.807, 2.05) is 44.0 Å². The highest BCUT2D eigenvalue weighted by Gasteiger charge is 2.39. The average molecular weight is 336 g/mol. The molecule has 3 unspecified atom stereocenters. The van der Waals surface area contributed by atoms with Crippen molar-refractivity contribution in [3.05, 3.63) is 35.9 Å². The highest BCUT2D eigenvalue weighted by atomic mass is 16.8. The number of benzene rings is 1. The molecule has 136 valence electrons. The van der Waals surface area contributed by atoms with Gasteiger partial charge in [-0.05, 0) is 25.3 Å². The van der Waals surface area contributed by atoms with E-state index in [1.54, 1.807) is 0 Å². The summed E-state index contributed by atoms with van der Waals surface area (Å²) in [4.78, 5) is 29.8. The van der Waals surface area contributed by atoms with Crippen LogP contribution in [0.3, 0.4) is 0 Å². The monoisotopic (exact) mass is 336 g/mol. The smallest absolute Gasteiger partial charge is 0.226 e. The Balaban J connectivity index is 0.00000170. The molecule has 2 amide bonds. The van der Waals surface area contributed by atoms with E-state index in [1.165, 1.54) is 24.3 Å². The Morgan fingerprint density at radius 3 is 2.08 bits per heavy atom. The van der Waals surface area contributed by atoms with Gasteiger partial charge in [-0.15, -0.1) is 0 Å². The van der Waals surface area contributed by atoms with Crippen molar-refractivity contribution in [2.45, 2.75) is 67.2 Å². The van der Waals surface area contributed by atoms with Gasteiger partial charge in [-0.3, -0.25) is 19.3 Å². The largest absolute Gasteiger partial charge is 0.281 e. The Bertz CT molecular complexity index is 491. The summed E-state index contributed by atoms with van der Waals surface area (Å²) in [5.41, 5.74) is 1.24. The van der Waals surface area contributed by atoms with Crippen LogP contribution in [0.5, 0.6) is 0 Å². The zero-order valence-corrected chi connectivity index (χ0v) is 14.8. The van der Waals surface area contributed by atoms with E-state index in [4.69, 9.17) is 4.84 Å². The first-order chi connectivity index (χ1) is 11.0. The zero-order chi connectivity index (χ0) is 17.4. The van der Waals surface area contributed by atoms with Gasteiger partial charge in [-0.25, -0.2) is 0 Å². The Kier molecular flexibility index (Phi) is 10.2.